The predicted molar refractivity (Wildman–Crippen MR) is 178 cm³/mol. The van der Waals surface area contributed by atoms with Crippen molar-refractivity contribution in [1.82, 2.24) is 15.0 Å². The van der Waals surface area contributed by atoms with Crippen LogP contribution in [0.15, 0.2) is 74.9 Å². The van der Waals surface area contributed by atoms with E-state index in [2.05, 4.69) is 30.5 Å². The lowest BCUT2D eigenvalue weighted by atomic mass is 10.1. The van der Waals surface area contributed by atoms with Gasteiger partial charge in [0.15, 0.2) is 5.16 Å². The first-order valence-electron chi connectivity index (χ1n) is 13.3. The highest BCUT2D eigenvalue weighted by Gasteiger charge is 2.15. The molecule has 0 aliphatic rings. The number of benzene rings is 3. The molecule has 0 unspecified atom stereocenters. The molecule has 0 fully saturated rings. The summed E-state index contributed by atoms with van der Waals surface area (Å²) < 4.78 is 101. The predicted octanol–water partition coefficient (Wildman–Crippen LogP) is 4.93. The van der Waals surface area contributed by atoms with E-state index in [4.69, 9.17) is 13.8 Å². The number of thioether (sulfide) groups is 2. The minimum atomic E-state index is -4.46. The Balaban J connectivity index is 1.54. The van der Waals surface area contributed by atoms with Gasteiger partial charge in [0.05, 0.1) is 41.4 Å². The maximum atomic E-state index is 11.8. The van der Waals surface area contributed by atoms with E-state index in [1.54, 1.807) is 36.4 Å². The summed E-state index contributed by atoms with van der Waals surface area (Å²) >= 11 is 2.31. The number of nitrogens with one attached hydrogen (secondary N) is 1. The lowest BCUT2D eigenvalue weighted by molar-refractivity contribution is 0.417. The second-order valence-corrected chi connectivity index (χ2v) is 16.2. The number of hydrogen-bond acceptors (Lipinski definition) is 15. The van der Waals surface area contributed by atoms with Crippen LogP contribution in [-0.4, -0.2) is 84.0 Å². The molecule has 1 heterocycles. The zero-order chi connectivity index (χ0) is 34.2. The molecular weight excluding hydrogens is 717 g/mol. The normalized spacial score (nSPS) is 12.5. The fraction of sp³-hybridized carbons (Fsp3) is 0.269. The van der Waals surface area contributed by atoms with Gasteiger partial charge in [0, 0.05) is 23.0 Å². The van der Waals surface area contributed by atoms with Crippen LogP contribution >= 0.6 is 23.5 Å². The Morgan fingerprint density at radius 2 is 1.53 bits per heavy atom. The molecule has 16 nitrogen and oxygen atoms in total. The number of rotatable bonds is 16. The van der Waals surface area contributed by atoms with Gasteiger partial charge in [-0.25, -0.2) is 4.98 Å². The third-order valence-electron chi connectivity index (χ3n) is 5.97. The van der Waals surface area contributed by atoms with Crippen molar-refractivity contribution in [2.24, 2.45) is 10.2 Å². The summed E-state index contributed by atoms with van der Waals surface area (Å²) in [4.78, 5) is 12.8. The molecule has 21 heteroatoms. The van der Waals surface area contributed by atoms with Crippen LogP contribution in [-0.2, 0) is 36.1 Å². The van der Waals surface area contributed by atoms with Gasteiger partial charge in [0.1, 0.15) is 16.5 Å². The molecule has 4 N–H and O–H groups in total. The zero-order valence-electron chi connectivity index (χ0n) is 24.4. The summed E-state index contributed by atoms with van der Waals surface area (Å²) in [6.45, 7) is 0. The molecule has 4 rings (SSSR count). The highest BCUT2D eigenvalue weighted by atomic mass is 32.2. The van der Waals surface area contributed by atoms with Crippen LogP contribution in [0.3, 0.4) is 0 Å². The molecular formula is C26H28N6O10S5. The number of hydrogen-bond donors (Lipinski definition) is 4. The van der Waals surface area contributed by atoms with Gasteiger partial charge in [-0.15, -0.1) is 0 Å². The lowest BCUT2D eigenvalue weighted by Gasteiger charge is -2.12. The third-order valence-corrected chi connectivity index (χ3v) is 10.6. The average Bonchev–Trinajstić information content (AvgIpc) is 2.99. The first-order chi connectivity index (χ1) is 22.1. The molecule has 0 aliphatic heterocycles. The molecule has 4 aromatic rings. The van der Waals surface area contributed by atoms with Gasteiger partial charge < -0.3 is 10.1 Å². The molecule has 47 heavy (non-hydrogen) atoms. The van der Waals surface area contributed by atoms with E-state index in [0.717, 1.165) is 11.8 Å². The van der Waals surface area contributed by atoms with Crippen molar-refractivity contribution < 1.29 is 43.6 Å². The number of azo groups is 1. The second kappa shape index (κ2) is 15.6. The molecule has 0 saturated heterocycles. The summed E-state index contributed by atoms with van der Waals surface area (Å²) in [5, 5.41) is 12.6. The Morgan fingerprint density at radius 1 is 0.830 bits per heavy atom. The SMILES string of the molecule is COc1cc(/N=N/c2ccc3cccc(S(=O)(=O)O)c3c2)ccc1Nc1nc(CSCCS(=O)(=O)O)nc(SCCCS(=O)(=O)O)n1. The fourth-order valence-corrected chi connectivity index (χ4v) is 7.88. The number of methoxy groups -OCH3 is 1. The summed E-state index contributed by atoms with van der Waals surface area (Å²) in [6.07, 6.45) is 0.140. The summed E-state index contributed by atoms with van der Waals surface area (Å²) in [7, 11) is -11.3. The highest BCUT2D eigenvalue weighted by molar-refractivity contribution is 7.99. The summed E-state index contributed by atoms with van der Waals surface area (Å²) in [5.74, 6) is 0.409. The average molecular weight is 745 g/mol. The molecule has 0 aliphatic carbocycles. The molecule has 252 valence electrons. The molecule has 0 bridgehead atoms. The lowest BCUT2D eigenvalue weighted by Crippen LogP contribution is -2.08. The standard InChI is InChI=1S/C26H28N6O10S5/c1-42-22-15-19(32-31-18-7-6-17-4-2-5-23(20(17)14-18)47(39,40)41)8-9-21(22)27-25-28-24(16-43-11-13-46(36,37)38)29-26(30-25)44-10-3-12-45(33,34)35/h2,4-9,14-15H,3,10-13,16H2,1H3,(H,33,34,35)(H,36,37,38)(H,39,40,41)(H,27,28,29,30)/b32-31+. The van der Waals surface area contributed by atoms with Crippen LogP contribution in [0.1, 0.15) is 12.2 Å². The number of ether oxygens (including phenoxy) is 1. The quantitative estimate of drug-likeness (QED) is 0.0514. The monoisotopic (exact) mass is 744 g/mol. The molecule has 0 atom stereocenters. The second-order valence-electron chi connectivity index (χ2n) is 9.53. The van der Waals surface area contributed by atoms with Crippen molar-refractivity contribution in [2.75, 3.05) is 35.4 Å². The van der Waals surface area contributed by atoms with Gasteiger partial charge in [0.25, 0.3) is 30.4 Å². The Hall–Kier alpha value is -3.44. The van der Waals surface area contributed by atoms with Crippen LogP contribution < -0.4 is 10.1 Å². The van der Waals surface area contributed by atoms with Gasteiger partial charge in [0.2, 0.25) is 5.95 Å². The Kier molecular flexibility index (Phi) is 12.1. The summed E-state index contributed by atoms with van der Waals surface area (Å²) in [5.41, 5.74) is 1.16. The van der Waals surface area contributed by atoms with Gasteiger partial charge >= 0.3 is 0 Å². The van der Waals surface area contributed by atoms with E-state index in [9.17, 15) is 29.8 Å². The van der Waals surface area contributed by atoms with Gasteiger partial charge in [-0.3, -0.25) is 13.7 Å². The van der Waals surface area contributed by atoms with E-state index in [0.29, 0.717) is 28.2 Å². The Bertz CT molecular complexity index is 2060. The first kappa shape index (κ1) is 36.4. The number of nitrogens with zero attached hydrogens (tertiary/aromatic N) is 5. The topological polar surface area (TPSA) is 248 Å². The van der Waals surface area contributed by atoms with E-state index < -0.39 is 41.9 Å². The number of anilines is 2. The largest absolute Gasteiger partial charge is 0.494 e. The molecule has 0 amide bonds. The molecule has 3 aromatic carbocycles. The van der Waals surface area contributed by atoms with Gasteiger partial charge in [-0.1, -0.05) is 30.0 Å². The molecule has 1 aromatic heterocycles. The molecule has 0 spiro atoms. The van der Waals surface area contributed by atoms with Gasteiger partial charge in [-0.05, 0) is 42.1 Å². The van der Waals surface area contributed by atoms with Crippen LogP contribution in [0.4, 0.5) is 23.0 Å². The van der Waals surface area contributed by atoms with Crippen molar-refractivity contribution in [2.45, 2.75) is 22.2 Å². The van der Waals surface area contributed by atoms with Crippen molar-refractivity contribution in [3.63, 3.8) is 0 Å². The van der Waals surface area contributed by atoms with Crippen LogP contribution in [0.25, 0.3) is 10.8 Å². The summed E-state index contributed by atoms with van der Waals surface area (Å²) in [6, 6.07) is 14.1. The van der Waals surface area contributed by atoms with Crippen LogP contribution in [0, 0.1) is 0 Å². The number of aromatic nitrogens is 3. The van der Waals surface area contributed by atoms with Gasteiger partial charge in [-0.2, -0.15) is 57.2 Å². The maximum Gasteiger partial charge on any atom is 0.295 e. The third kappa shape index (κ3) is 11.6. The minimum absolute atomic E-state index is 0.0921. The molecule has 0 saturated carbocycles. The van der Waals surface area contributed by atoms with Crippen LogP contribution in [0.2, 0.25) is 0 Å². The van der Waals surface area contributed by atoms with Crippen molar-refractivity contribution in [1.29, 1.82) is 0 Å². The minimum Gasteiger partial charge on any atom is -0.494 e. The highest BCUT2D eigenvalue weighted by Crippen LogP contribution is 2.33. The zero-order valence-corrected chi connectivity index (χ0v) is 28.5. The maximum absolute atomic E-state index is 11.8. The fourth-order valence-electron chi connectivity index (χ4n) is 3.92. The van der Waals surface area contributed by atoms with Crippen molar-refractivity contribution in [3.8, 4) is 5.75 Å². The van der Waals surface area contributed by atoms with E-state index in [1.807, 2.05) is 0 Å². The van der Waals surface area contributed by atoms with Crippen molar-refractivity contribution in [3.05, 3.63) is 60.4 Å². The number of fused-ring (bicyclic) bond motifs is 1. The Labute approximate surface area is 279 Å². The Morgan fingerprint density at radius 3 is 2.21 bits per heavy atom. The van der Waals surface area contributed by atoms with Crippen molar-refractivity contribution >= 4 is 87.7 Å². The van der Waals surface area contributed by atoms with E-state index in [1.165, 1.54) is 37.1 Å². The van der Waals surface area contributed by atoms with E-state index >= 15 is 0 Å². The first-order valence-corrected chi connectivity index (χ1v) is 20.1. The smallest absolute Gasteiger partial charge is 0.295 e. The van der Waals surface area contributed by atoms with E-state index in [-0.39, 0.29) is 50.9 Å². The molecule has 0 radical (unpaired) electrons. The van der Waals surface area contributed by atoms with Crippen LogP contribution in [0.5, 0.6) is 5.75 Å².